The predicted molar refractivity (Wildman–Crippen MR) is 89.4 cm³/mol. The van der Waals surface area contributed by atoms with Crippen LogP contribution in [0.1, 0.15) is 30.7 Å². The molecule has 0 aliphatic carbocycles. The topological polar surface area (TPSA) is 32.3 Å². The average molecular weight is 321 g/mol. The van der Waals surface area contributed by atoms with Crippen LogP contribution in [0.25, 0.3) is 0 Å². The van der Waals surface area contributed by atoms with E-state index in [0.717, 1.165) is 28.7 Å². The maximum atomic E-state index is 11.7. The van der Waals surface area contributed by atoms with Gasteiger partial charge in [0.1, 0.15) is 0 Å². The van der Waals surface area contributed by atoms with Crippen LogP contribution >= 0.6 is 22.9 Å². The first-order valence-corrected chi connectivity index (χ1v) is 8.25. The van der Waals surface area contributed by atoms with Crippen molar-refractivity contribution in [2.24, 2.45) is 0 Å². The van der Waals surface area contributed by atoms with Gasteiger partial charge in [-0.05, 0) is 49.7 Å². The summed E-state index contributed by atoms with van der Waals surface area (Å²) in [7, 11) is 0. The number of halogens is 1. The van der Waals surface area contributed by atoms with E-state index in [2.05, 4.69) is 12.2 Å². The van der Waals surface area contributed by atoms with Crippen LogP contribution in [0.2, 0.25) is 4.34 Å². The number of anilines is 2. The number of carbonyl (C=O) groups is 1. The van der Waals surface area contributed by atoms with Crippen LogP contribution in [-0.4, -0.2) is 12.5 Å². The quantitative estimate of drug-likeness (QED) is 0.885. The second kappa shape index (κ2) is 6.08. The Balaban J connectivity index is 1.68. The van der Waals surface area contributed by atoms with Gasteiger partial charge in [0.25, 0.3) is 0 Å². The minimum atomic E-state index is 0.210. The summed E-state index contributed by atoms with van der Waals surface area (Å²) >= 11 is 7.56. The van der Waals surface area contributed by atoms with Gasteiger partial charge >= 0.3 is 0 Å². The highest BCUT2D eigenvalue weighted by Crippen LogP contribution is 2.30. The average Bonchev–Trinajstić information content (AvgIpc) is 3.08. The lowest BCUT2D eigenvalue weighted by molar-refractivity contribution is -0.117. The first kappa shape index (κ1) is 14.4. The van der Waals surface area contributed by atoms with Crippen LogP contribution in [0.5, 0.6) is 0 Å². The van der Waals surface area contributed by atoms with E-state index in [4.69, 9.17) is 11.6 Å². The number of nitrogens with zero attached hydrogens (tertiary/aromatic N) is 1. The summed E-state index contributed by atoms with van der Waals surface area (Å²) in [4.78, 5) is 14.8. The lowest BCUT2D eigenvalue weighted by Crippen LogP contribution is -2.23. The molecule has 1 amide bonds. The van der Waals surface area contributed by atoms with Gasteiger partial charge in [0, 0.05) is 29.2 Å². The van der Waals surface area contributed by atoms with Gasteiger partial charge in [-0.3, -0.25) is 4.79 Å². The molecule has 2 heterocycles. The van der Waals surface area contributed by atoms with Crippen molar-refractivity contribution in [3.63, 3.8) is 0 Å². The summed E-state index contributed by atoms with van der Waals surface area (Å²) < 4.78 is 0.807. The van der Waals surface area contributed by atoms with Crippen molar-refractivity contribution in [3.8, 4) is 0 Å². The molecule has 1 fully saturated rings. The van der Waals surface area contributed by atoms with E-state index in [0.29, 0.717) is 6.42 Å². The lowest BCUT2D eigenvalue weighted by Gasteiger charge is -2.18. The Kier molecular flexibility index (Phi) is 4.17. The van der Waals surface area contributed by atoms with Crippen molar-refractivity contribution < 1.29 is 4.79 Å². The molecule has 3 rings (SSSR count). The Hall–Kier alpha value is -1.52. The highest BCUT2D eigenvalue weighted by atomic mass is 35.5. The Morgan fingerprint density at radius 2 is 2.00 bits per heavy atom. The van der Waals surface area contributed by atoms with Crippen molar-refractivity contribution in [1.29, 1.82) is 0 Å². The van der Waals surface area contributed by atoms with Crippen LogP contribution in [0.4, 0.5) is 11.4 Å². The molecule has 0 spiro atoms. The second-order valence-electron chi connectivity index (χ2n) is 5.20. The summed E-state index contributed by atoms with van der Waals surface area (Å²) in [6.07, 6.45) is 1.62. The summed E-state index contributed by atoms with van der Waals surface area (Å²) in [6.45, 7) is 2.94. The number of hydrogen-bond acceptors (Lipinski definition) is 3. The number of benzene rings is 1. The smallest absolute Gasteiger partial charge is 0.227 e. The Morgan fingerprint density at radius 3 is 2.57 bits per heavy atom. The molecule has 0 saturated carbocycles. The first-order chi connectivity index (χ1) is 10.1. The zero-order valence-electron chi connectivity index (χ0n) is 11.8. The van der Waals surface area contributed by atoms with Gasteiger partial charge in [0.15, 0.2) is 0 Å². The minimum Gasteiger partial charge on any atom is -0.378 e. The molecular formula is C16H17ClN2OS. The van der Waals surface area contributed by atoms with E-state index >= 15 is 0 Å². The van der Waals surface area contributed by atoms with Crippen molar-refractivity contribution >= 4 is 40.2 Å². The standard InChI is InChI=1S/C16H17ClN2OS/c1-11(14-8-9-15(17)21-14)18-12-4-6-13(7-5-12)19-10-2-3-16(19)20/h4-9,11,18H,2-3,10H2,1H3. The largest absolute Gasteiger partial charge is 0.378 e. The molecule has 3 nitrogen and oxygen atoms in total. The SMILES string of the molecule is CC(Nc1ccc(N2CCCC2=O)cc1)c1ccc(Cl)s1. The molecular weight excluding hydrogens is 304 g/mol. The zero-order valence-corrected chi connectivity index (χ0v) is 13.4. The predicted octanol–water partition coefficient (Wildman–Crippen LogP) is 4.70. The Bertz CT molecular complexity index is 638. The van der Waals surface area contributed by atoms with Crippen LogP contribution in [0.15, 0.2) is 36.4 Å². The summed E-state index contributed by atoms with van der Waals surface area (Å²) in [5.41, 5.74) is 2.03. The second-order valence-corrected chi connectivity index (χ2v) is 6.95. The molecule has 1 aromatic carbocycles. The lowest BCUT2D eigenvalue weighted by atomic mass is 10.2. The van der Waals surface area contributed by atoms with Gasteiger partial charge in [-0.2, -0.15) is 0 Å². The molecule has 1 aliphatic heterocycles. The van der Waals surface area contributed by atoms with Gasteiger partial charge in [-0.15, -0.1) is 11.3 Å². The Labute approximate surface area is 133 Å². The fourth-order valence-corrected chi connectivity index (χ4v) is 3.60. The highest BCUT2D eigenvalue weighted by Gasteiger charge is 2.21. The fourth-order valence-electron chi connectivity index (χ4n) is 2.54. The summed E-state index contributed by atoms with van der Waals surface area (Å²) in [5.74, 6) is 0.220. The third-order valence-electron chi connectivity index (χ3n) is 3.66. The molecule has 1 saturated heterocycles. The molecule has 1 atom stereocenters. The monoisotopic (exact) mass is 320 g/mol. The van der Waals surface area contributed by atoms with Crippen molar-refractivity contribution in [2.45, 2.75) is 25.8 Å². The number of carbonyl (C=O) groups excluding carboxylic acids is 1. The van der Waals surface area contributed by atoms with Gasteiger partial charge in [0.2, 0.25) is 5.91 Å². The number of rotatable bonds is 4. The first-order valence-electron chi connectivity index (χ1n) is 7.06. The van der Waals surface area contributed by atoms with Crippen LogP contribution < -0.4 is 10.2 Å². The van der Waals surface area contributed by atoms with E-state index in [1.54, 1.807) is 11.3 Å². The normalized spacial score (nSPS) is 16.3. The van der Waals surface area contributed by atoms with Crippen molar-refractivity contribution in [3.05, 3.63) is 45.6 Å². The summed E-state index contributed by atoms with van der Waals surface area (Å²) in [5, 5.41) is 3.45. The van der Waals surface area contributed by atoms with E-state index in [1.807, 2.05) is 41.3 Å². The molecule has 1 unspecified atom stereocenters. The number of hydrogen-bond donors (Lipinski definition) is 1. The molecule has 21 heavy (non-hydrogen) atoms. The molecule has 1 N–H and O–H groups in total. The molecule has 1 aliphatic rings. The number of thiophene rings is 1. The molecule has 110 valence electrons. The minimum absolute atomic E-state index is 0.210. The fraction of sp³-hybridized carbons (Fsp3) is 0.312. The molecule has 5 heteroatoms. The highest BCUT2D eigenvalue weighted by molar-refractivity contribution is 7.16. The molecule has 2 aromatic rings. The van der Waals surface area contributed by atoms with E-state index < -0.39 is 0 Å². The number of nitrogens with one attached hydrogen (secondary N) is 1. The summed E-state index contributed by atoms with van der Waals surface area (Å²) in [6, 6.07) is 12.2. The maximum absolute atomic E-state index is 11.7. The van der Waals surface area contributed by atoms with E-state index in [9.17, 15) is 4.79 Å². The van der Waals surface area contributed by atoms with Crippen LogP contribution in [-0.2, 0) is 4.79 Å². The van der Waals surface area contributed by atoms with Gasteiger partial charge in [0.05, 0.1) is 10.4 Å². The van der Waals surface area contributed by atoms with E-state index in [-0.39, 0.29) is 11.9 Å². The van der Waals surface area contributed by atoms with Crippen LogP contribution in [0, 0.1) is 0 Å². The van der Waals surface area contributed by atoms with Gasteiger partial charge in [-0.1, -0.05) is 11.6 Å². The van der Waals surface area contributed by atoms with Crippen molar-refractivity contribution in [1.82, 2.24) is 0 Å². The Morgan fingerprint density at radius 1 is 1.24 bits per heavy atom. The zero-order chi connectivity index (χ0) is 14.8. The van der Waals surface area contributed by atoms with Crippen molar-refractivity contribution in [2.75, 3.05) is 16.8 Å². The molecule has 0 radical (unpaired) electrons. The van der Waals surface area contributed by atoms with Gasteiger partial charge < -0.3 is 10.2 Å². The van der Waals surface area contributed by atoms with Crippen LogP contribution in [0.3, 0.4) is 0 Å². The number of amides is 1. The van der Waals surface area contributed by atoms with E-state index in [1.165, 1.54) is 4.88 Å². The molecule has 0 bridgehead atoms. The van der Waals surface area contributed by atoms with Gasteiger partial charge in [-0.25, -0.2) is 0 Å². The molecule has 1 aromatic heterocycles. The maximum Gasteiger partial charge on any atom is 0.227 e. The third kappa shape index (κ3) is 3.22. The third-order valence-corrected chi connectivity index (χ3v) is 5.07.